The Hall–Kier alpha value is -9.91. The molecule has 4 heterocycles. The van der Waals surface area contributed by atoms with E-state index in [1.807, 2.05) is 54.6 Å². The summed E-state index contributed by atoms with van der Waals surface area (Å²) in [4.78, 5) is 15.7. The number of hydrogen-bond donors (Lipinski definition) is 0. The highest BCUT2D eigenvalue weighted by atomic mass is 15.1. The first kappa shape index (κ1) is 43.8. The molecule has 0 radical (unpaired) electrons. The Morgan fingerprint density at radius 1 is 0.400 bits per heavy atom. The second kappa shape index (κ2) is 18.3. The molecule has 75 heavy (non-hydrogen) atoms. The van der Waals surface area contributed by atoms with Gasteiger partial charge in [-0.25, -0.2) is 15.0 Å². The molecule has 6 nitrogen and oxygen atoms in total. The zero-order valence-electron chi connectivity index (χ0n) is 41.0. The zero-order chi connectivity index (χ0) is 49.8. The molecule has 0 bridgehead atoms. The van der Waals surface area contributed by atoms with Crippen molar-refractivity contribution in [3.05, 3.63) is 284 Å². The van der Waals surface area contributed by atoms with Gasteiger partial charge in [-0.05, 0) is 77.7 Å². The third kappa shape index (κ3) is 7.29. The van der Waals surface area contributed by atoms with Gasteiger partial charge in [-0.3, -0.25) is 0 Å². The molecule has 0 amide bonds. The molecular formula is C69H48N6. The number of benzene rings is 9. The minimum atomic E-state index is -0.107. The maximum Gasteiger partial charge on any atom is 0.164 e. The molecule has 6 heteroatoms. The lowest BCUT2D eigenvalue weighted by molar-refractivity contribution is 0.826. The maximum absolute atomic E-state index is 5.29. The Balaban J connectivity index is 1.10. The van der Waals surface area contributed by atoms with Crippen LogP contribution in [0.5, 0.6) is 0 Å². The van der Waals surface area contributed by atoms with E-state index in [-0.39, 0.29) is 5.92 Å². The van der Waals surface area contributed by atoms with E-state index in [0.717, 1.165) is 44.7 Å². The SMILES string of the molecule is C=C/C=C\C=C\C1=C(n2c3ccccc3c3c2ccc2c4ccc5c(c6ccccc6n5-c5ccccc5)c4n(-c4ccccc4)c23)C(c2ccccc2)CC(c2nc(-c3ccccc3)nc(-c3ccccc3)n2)=C1. The fourth-order valence-corrected chi connectivity index (χ4v) is 11.7. The van der Waals surface area contributed by atoms with Crippen molar-refractivity contribution in [2.75, 3.05) is 0 Å². The van der Waals surface area contributed by atoms with Crippen LogP contribution in [0.4, 0.5) is 0 Å². The summed E-state index contributed by atoms with van der Waals surface area (Å²) >= 11 is 0. The molecule has 0 N–H and O–H groups in total. The number of fused-ring (bicyclic) bond motifs is 11. The Labute approximate surface area is 434 Å². The molecule has 13 aromatic rings. The molecule has 0 fully saturated rings. The van der Waals surface area contributed by atoms with Crippen LogP contribution in [0.1, 0.15) is 23.7 Å². The van der Waals surface area contributed by atoms with Gasteiger partial charge in [0.1, 0.15) is 0 Å². The third-order valence-corrected chi connectivity index (χ3v) is 14.8. The topological polar surface area (TPSA) is 53.5 Å². The monoisotopic (exact) mass is 960 g/mol. The summed E-state index contributed by atoms with van der Waals surface area (Å²) in [5.74, 6) is 1.83. The predicted octanol–water partition coefficient (Wildman–Crippen LogP) is 17.3. The molecule has 1 aliphatic rings. The van der Waals surface area contributed by atoms with Crippen LogP contribution in [0, 0.1) is 0 Å². The largest absolute Gasteiger partial charge is 0.312 e. The lowest BCUT2D eigenvalue weighted by Gasteiger charge is -2.30. The van der Waals surface area contributed by atoms with Crippen molar-refractivity contribution in [1.82, 2.24) is 28.7 Å². The van der Waals surface area contributed by atoms with Gasteiger partial charge in [0, 0.05) is 66.4 Å². The fraction of sp³-hybridized carbons (Fsp3) is 0.0290. The second-order valence-corrected chi connectivity index (χ2v) is 19.1. The number of para-hydroxylation sites is 4. The molecule has 1 aliphatic carbocycles. The molecule has 0 spiro atoms. The number of aromatic nitrogens is 6. The molecule has 0 aliphatic heterocycles. The van der Waals surface area contributed by atoms with Crippen LogP contribution in [-0.2, 0) is 0 Å². The molecule has 1 unspecified atom stereocenters. The quantitative estimate of drug-likeness (QED) is 0.128. The van der Waals surface area contributed by atoms with Gasteiger partial charge < -0.3 is 13.7 Å². The molecule has 0 saturated heterocycles. The van der Waals surface area contributed by atoms with Crippen molar-refractivity contribution in [1.29, 1.82) is 0 Å². The molecule has 1 atom stereocenters. The van der Waals surface area contributed by atoms with E-state index in [0.29, 0.717) is 23.9 Å². The zero-order valence-corrected chi connectivity index (χ0v) is 41.0. The highest BCUT2D eigenvalue weighted by Crippen LogP contribution is 2.50. The average Bonchev–Trinajstić information content (AvgIpc) is 4.14. The van der Waals surface area contributed by atoms with E-state index < -0.39 is 0 Å². The summed E-state index contributed by atoms with van der Waals surface area (Å²) in [5.41, 5.74) is 15.6. The minimum Gasteiger partial charge on any atom is -0.312 e. The first-order valence-electron chi connectivity index (χ1n) is 25.6. The average molecular weight is 961 g/mol. The van der Waals surface area contributed by atoms with Crippen LogP contribution in [-0.4, -0.2) is 28.7 Å². The van der Waals surface area contributed by atoms with Gasteiger partial charge >= 0.3 is 0 Å². The van der Waals surface area contributed by atoms with Gasteiger partial charge in [0.2, 0.25) is 0 Å². The molecule has 14 rings (SSSR count). The van der Waals surface area contributed by atoms with Crippen molar-refractivity contribution >= 4 is 76.7 Å². The van der Waals surface area contributed by atoms with Gasteiger partial charge in [-0.1, -0.05) is 213 Å². The summed E-state index contributed by atoms with van der Waals surface area (Å²) in [6.07, 6.45) is 13.1. The lowest BCUT2D eigenvalue weighted by Crippen LogP contribution is -2.16. The van der Waals surface area contributed by atoms with E-state index in [9.17, 15) is 0 Å². The van der Waals surface area contributed by atoms with Gasteiger partial charge in [0.25, 0.3) is 0 Å². The first-order chi connectivity index (χ1) is 37.2. The van der Waals surface area contributed by atoms with Crippen LogP contribution in [0.25, 0.3) is 111 Å². The molecule has 354 valence electrons. The second-order valence-electron chi connectivity index (χ2n) is 19.1. The van der Waals surface area contributed by atoms with Crippen LogP contribution >= 0.6 is 0 Å². The smallest absolute Gasteiger partial charge is 0.164 e. The van der Waals surface area contributed by atoms with Crippen molar-refractivity contribution in [3.8, 4) is 34.2 Å². The molecule has 4 aromatic heterocycles. The maximum atomic E-state index is 5.29. The highest BCUT2D eigenvalue weighted by molar-refractivity contribution is 6.31. The van der Waals surface area contributed by atoms with Crippen LogP contribution in [0.2, 0.25) is 0 Å². The van der Waals surface area contributed by atoms with Gasteiger partial charge in [-0.2, -0.15) is 0 Å². The Morgan fingerprint density at radius 3 is 1.43 bits per heavy atom. The van der Waals surface area contributed by atoms with Gasteiger partial charge in [0.15, 0.2) is 17.5 Å². The van der Waals surface area contributed by atoms with Gasteiger partial charge in [-0.15, -0.1) is 0 Å². The number of allylic oxidation sites excluding steroid dienone is 9. The van der Waals surface area contributed by atoms with Gasteiger partial charge in [0.05, 0.1) is 33.1 Å². The fourth-order valence-electron chi connectivity index (χ4n) is 11.7. The standard InChI is InChI=1S/C69H48N6/c1-2-3-4-10-31-49-44-50(69-71-67(47-27-13-6-14-28-47)70-68(72-69)48-29-15-7-16-30-48)45-57(46-25-11-5-12-26-46)64(49)75-59-39-24-22-37-56(59)63-61(75)43-41-54-53-40-42-60-62(65(53)74(66(54)63)52-34-19-9-20-35-52)55-36-21-23-38-58(55)73(60)51-32-17-8-18-33-51/h2-44,57H,1,45H2/b4-3-,31-10+. The van der Waals surface area contributed by atoms with E-state index >= 15 is 0 Å². The Morgan fingerprint density at radius 2 is 0.867 bits per heavy atom. The highest BCUT2D eigenvalue weighted by Gasteiger charge is 2.32. The summed E-state index contributed by atoms with van der Waals surface area (Å²) in [6.45, 7) is 3.98. The molecule has 0 saturated carbocycles. The van der Waals surface area contributed by atoms with Crippen molar-refractivity contribution in [2.24, 2.45) is 0 Å². The Bertz CT molecular complexity index is 4420. The van der Waals surface area contributed by atoms with E-state index in [1.54, 1.807) is 0 Å². The number of nitrogens with zero attached hydrogens (tertiary/aromatic N) is 6. The first-order valence-corrected chi connectivity index (χ1v) is 25.6. The third-order valence-electron chi connectivity index (χ3n) is 14.8. The van der Waals surface area contributed by atoms with Crippen molar-refractivity contribution in [3.63, 3.8) is 0 Å². The molecular weight excluding hydrogens is 913 g/mol. The van der Waals surface area contributed by atoms with Crippen molar-refractivity contribution < 1.29 is 0 Å². The summed E-state index contributed by atoms with van der Waals surface area (Å²) in [6, 6.07) is 80.3. The summed E-state index contributed by atoms with van der Waals surface area (Å²) in [5, 5.41) is 7.24. The van der Waals surface area contributed by atoms with Crippen LogP contribution in [0.3, 0.4) is 0 Å². The molecule has 9 aromatic carbocycles. The number of hydrogen-bond acceptors (Lipinski definition) is 3. The van der Waals surface area contributed by atoms with Crippen molar-refractivity contribution in [2.45, 2.75) is 12.3 Å². The van der Waals surface area contributed by atoms with E-state index in [2.05, 4.69) is 227 Å². The lowest BCUT2D eigenvalue weighted by atomic mass is 9.81. The van der Waals surface area contributed by atoms with Crippen LogP contribution in [0.15, 0.2) is 273 Å². The summed E-state index contributed by atoms with van der Waals surface area (Å²) in [7, 11) is 0. The Kier molecular flexibility index (Phi) is 10.7. The van der Waals surface area contributed by atoms with Crippen LogP contribution < -0.4 is 0 Å². The predicted molar refractivity (Wildman–Crippen MR) is 312 cm³/mol. The minimum absolute atomic E-state index is 0.107. The number of rotatable bonds is 10. The summed E-state index contributed by atoms with van der Waals surface area (Å²) < 4.78 is 7.51. The normalized spacial score (nSPS) is 14.2. The van der Waals surface area contributed by atoms with E-state index in [4.69, 9.17) is 15.0 Å². The van der Waals surface area contributed by atoms with E-state index in [1.165, 1.54) is 65.6 Å².